The Morgan fingerprint density at radius 3 is 2.48 bits per heavy atom. The summed E-state index contributed by atoms with van der Waals surface area (Å²) in [5.74, 6) is -1.77. The number of hydrogen-bond donors (Lipinski definition) is 1. The van der Waals surface area contributed by atoms with E-state index in [1.54, 1.807) is 11.8 Å². The zero-order valence-electron chi connectivity index (χ0n) is 12.5. The molecule has 1 heterocycles. The molecule has 1 amide bonds. The third-order valence-electron chi connectivity index (χ3n) is 3.97. The molecule has 1 aliphatic heterocycles. The third kappa shape index (κ3) is 4.99. The Morgan fingerprint density at radius 1 is 1.30 bits per heavy atom. The van der Waals surface area contributed by atoms with Gasteiger partial charge in [0.2, 0.25) is 5.91 Å². The van der Waals surface area contributed by atoms with Crippen molar-refractivity contribution < 1.29 is 18.0 Å². The molecule has 0 saturated carbocycles. The van der Waals surface area contributed by atoms with Gasteiger partial charge in [-0.05, 0) is 44.5 Å². The van der Waals surface area contributed by atoms with E-state index < -0.39 is 18.1 Å². The van der Waals surface area contributed by atoms with Gasteiger partial charge in [-0.15, -0.1) is 0 Å². The standard InChI is InChI=1S/C15H17Cl2F3N2O/c1-9(22-4-2-3-10(8-22)15(18,19)20)14(23)21-13-6-11(16)5-12(17)7-13/h5-7,9-10H,2-4,8H2,1H3,(H,21,23). The number of halogens is 5. The van der Waals surface area contributed by atoms with Gasteiger partial charge in [0, 0.05) is 22.3 Å². The summed E-state index contributed by atoms with van der Waals surface area (Å²) in [5.41, 5.74) is 0.420. The maximum absolute atomic E-state index is 12.9. The highest BCUT2D eigenvalue weighted by Crippen LogP contribution is 2.33. The molecule has 0 aromatic heterocycles. The van der Waals surface area contributed by atoms with Gasteiger partial charge in [0.1, 0.15) is 0 Å². The molecule has 1 aromatic rings. The quantitative estimate of drug-likeness (QED) is 0.845. The molecule has 2 unspecified atom stereocenters. The van der Waals surface area contributed by atoms with Crippen molar-refractivity contribution >= 4 is 34.8 Å². The van der Waals surface area contributed by atoms with Crippen LogP contribution in [0.25, 0.3) is 0 Å². The number of piperidine rings is 1. The van der Waals surface area contributed by atoms with Crippen LogP contribution in [0.3, 0.4) is 0 Å². The van der Waals surface area contributed by atoms with Crippen LogP contribution >= 0.6 is 23.2 Å². The monoisotopic (exact) mass is 368 g/mol. The summed E-state index contributed by atoms with van der Waals surface area (Å²) in [6.07, 6.45) is -3.70. The number of amides is 1. The summed E-state index contributed by atoms with van der Waals surface area (Å²) in [5, 5.41) is 3.39. The number of alkyl halides is 3. The minimum atomic E-state index is -4.23. The molecule has 1 saturated heterocycles. The Balaban J connectivity index is 2.01. The zero-order valence-corrected chi connectivity index (χ0v) is 14.0. The van der Waals surface area contributed by atoms with Crippen molar-refractivity contribution in [2.75, 3.05) is 18.4 Å². The van der Waals surface area contributed by atoms with Crippen LogP contribution in [0.4, 0.5) is 18.9 Å². The lowest BCUT2D eigenvalue weighted by molar-refractivity contribution is -0.188. The lowest BCUT2D eigenvalue weighted by atomic mass is 9.96. The Hall–Kier alpha value is -0.980. The fourth-order valence-corrected chi connectivity index (χ4v) is 3.19. The Kier molecular flexibility index (Phi) is 5.81. The smallest absolute Gasteiger partial charge is 0.325 e. The van der Waals surface area contributed by atoms with Gasteiger partial charge in [0.25, 0.3) is 0 Å². The summed E-state index contributed by atoms with van der Waals surface area (Å²) in [6, 6.07) is 3.93. The normalized spacial score (nSPS) is 21.0. The van der Waals surface area contributed by atoms with Crippen molar-refractivity contribution in [3.8, 4) is 0 Å². The highest BCUT2D eigenvalue weighted by molar-refractivity contribution is 6.35. The number of nitrogens with one attached hydrogen (secondary N) is 1. The first-order valence-corrected chi connectivity index (χ1v) is 8.00. The van der Waals surface area contributed by atoms with E-state index in [1.807, 2.05) is 0 Å². The molecule has 8 heteroatoms. The fourth-order valence-electron chi connectivity index (χ4n) is 2.66. The van der Waals surface area contributed by atoms with Crippen molar-refractivity contribution in [2.24, 2.45) is 5.92 Å². The van der Waals surface area contributed by atoms with Gasteiger partial charge < -0.3 is 5.32 Å². The predicted octanol–water partition coefficient (Wildman–Crippen LogP) is 4.59. The molecular formula is C15H17Cl2F3N2O. The first-order valence-electron chi connectivity index (χ1n) is 7.24. The molecule has 1 aliphatic rings. The largest absolute Gasteiger partial charge is 0.393 e. The van der Waals surface area contributed by atoms with E-state index in [2.05, 4.69) is 5.32 Å². The van der Waals surface area contributed by atoms with Gasteiger partial charge in [-0.3, -0.25) is 9.69 Å². The molecule has 1 aromatic carbocycles. The van der Waals surface area contributed by atoms with Crippen LogP contribution in [0.1, 0.15) is 19.8 Å². The van der Waals surface area contributed by atoms with E-state index in [-0.39, 0.29) is 18.9 Å². The van der Waals surface area contributed by atoms with E-state index in [4.69, 9.17) is 23.2 Å². The SMILES string of the molecule is CC(C(=O)Nc1cc(Cl)cc(Cl)c1)N1CCCC(C(F)(F)F)C1. The van der Waals surface area contributed by atoms with Crippen LogP contribution in [-0.4, -0.2) is 36.1 Å². The summed E-state index contributed by atoms with van der Waals surface area (Å²) >= 11 is 11.7. The van der Waals surface area contributed by atoms with Crippen LogP contribution in [-0.2, 0) is 4.79 Å². The average molecular weight is 369 g/mol. The number of carbonyl (C=O) groups excluding carboxylic acids is 1. The Labute approximate surface area is 142 Å². The van der Waals surface area contributed by atoms with Gasteiger partial charge in [-0.2, -0.15) is 13.2 Å². The number of carbonyl (C=O) groups is 1. The number of rotatable bonds is 3. The summed E-state index contributed by atoms with van der Waals surface area (Å²) < 4.78 is 38.6. The number of hydrogen-bond acceptors (Lipinski definition) is 2. The Morgan fingerprint density at radius 2 is 1.91 bits per heavy atom. The molecule has 1 N–H and O–H groups in total. The fraction of sp³-hybridized carbons (Fsp3) is 0.533. The average Bonchev–Trinajstić information content (AvgIpc) is 2.44. The van der Waals surface area contributed by atoms with Gasteiger partial charge >= 0.3 is 6.18 Å². The summed E-state index contributed by atoms with van der Waals surface area (Å²) in [4.78, 5) is 13.8. The van der Waals surface area contributed by atoms with Gasteiger partial charge in [-0.25, -0.2) is 0 Å². The van der Waals surface area contributed by atoms with Crippen LogP contribution < -0.4 is 5.32 Å². The first-order chi connectivity index (χ1) is 10.7. The number of benzene rings is 1. The minimum Gasteiger partial charge on any atom is -0.325 e. The van der Waals surface area contributed by atoms with E-state index in [1.165, 1.54) is 18.2 Å². The molecule has 2 rings (SSSR count). The van der Waals surface area contributed by atoms with Crippen LogP contribution in [0.15, 0.2) is 18.2 Å². The maximum atomic E-state index is 12.9. The molecule has 0 aliphatic carbocycles. The second kappa shape index (κ2) is 7.28. The molecule has 3 nitrogen and oxygen atoms in total. The maximum Gasteiger partial charge on any atom is 0.393 e. The van der Waals surface area contributed by atoms with Gasteiger partial charge in [0.05, 0.1) is 12.0 Å². The predicted molar refractivity (Wildman–Crippen MR) is 84.9 cm³/mol. The van der Waals surface area contributed by atoms with Gasteiger partial charge in [0.15, 0.2) is 0 Å². The van der Waals surface area contributed by atoms with Crippen molar-refractivity contribution in [3.63, 3.8) is 0 Å². The molecule has 0 spiro atoms. The number of likely N-dealkylation sites (tertiary alicyclic amines) is 1. The van der Waals surface area contributed by atoms with Crippen LogP contribution in [0.5, 0.6) is 0 Å². The lowest BCUT2D eigenvalue weighted by Crippen LogP contribution is -2.49. The molecule has 23 heavy (non-hydrogen) atoms. The second-order valence-corrected chi connectivity index (χ2v) is 6.57. The molecule has 128 valence electrons. The van der Waals surface area contributed by atoms with Crippen molar-refractivity contribution in [3.05, 3.63) is 28.2 Å². The molecule has 0 bridgehead atoms. The number of anilines is 1. The first kappa shape index (κ1) is 18.4. The summed E-state index contributed by atoms with van der Waals surface area (Å²) in [7, 11) is 0. The Bertz CT molecular complexity index is 560. The van der Waals surface area contributed by atoms with Crippen molar-refractivity contribution in [1.82, 2.24) is 4.90 Å². The highest BCUT2D eigenvalue weighted by Gasteiger charge is 2.43. The number of nitrogens with zero attached hydrogens (tertiary/aromatic N) is 1. The highest BCUT2D eigenvalue weighted by atomic mass is 35.5. The van der Waals surface area contributed by atoms with Crippen LogP contribution in [0, 0.1) is 5.92 Å². The molecule has 2 atom stereocenters. The van der Waals surface area contributed by atoms with Crippen molar-refractivity contribution in [1.29, 1.82) is 0 Å². The third-order valence-corrected chi connectivity index (χ3v) is 4.41. The zero-order chi connectivity index (χ0) is 17.2. The van der Waals surface area contributed by atoms with E-state index in [0.29, 0.717) is 28.7 Å². The van der Waals surface area contributed by atoms with E-state index >= 15 is 0 Å². The summed E-state index contributed by atoms with van der Waals surface area (Å²) in [6.45, 7) is 1.91. The molecular weight excluding hydrogens is 352 g/mol. The molecule has 0 radical (unpaired) electrons. The second-order valence-electron chi connectivity index (χ2n) is 5.70. The topological polar surface area (TPSA) is 32.3 Å². The van der Waals surface area contributed by atoms with Crippen molar-refractivity contribution in [2.45, 2.75) is 32.0 Å². The van der Waals surface area contributed by atoms with Gasteiger partial charge in [-0.1, -0.05) is 23.2 Å². The molecule has 1 fully saturated rings. The van der Waals surface area contributed by atoms with E-state index in [0.717, 1.165) is 0 Å². The van der Waals surface area contributed by atoms with Crippen LogP contribution in [0.2, 0.25) is 10.0 Å². The minimum absolute atomic E-state index is 0.109. The van der Waals surface area contributed by atoms with E-state index in [9.17, 15) is 18.0 Å². The lowest BCUT2D eigenvalue weighted by Gasteiger charge is -2.36.